The summed E-state index contributed by atoms with van der Waals surface area (Å²) in [5, 5.41) is 0. The largest absolute Gasteiger partial charge is 0.491 e. The molecule has 0 unspecified atom stereocenters. The Balaban J connectivity index is 0. The van der Waals surface area contributed by atoms with E-state index >= 15 is 0 Å². The SMILES string of the molecule is C[Si](N=C=O)(N=C=O)N=C=O.O=C(OC([SiH3])(OC(=O)C(F)(F)F)OC(=O)C(F)(F)F)C(F)(F)F. The molecule has 0 aromatic carbocycles. The van der Waals surface area contributed by atoms with Crippen molar-refractivity contribution in [2.24, 2.45) is 14.0 Å². The molecular formula is C11H6F9N3O9Si2. The standard InChI is InChI=1S/C7H3F9O6Si.C4H3N3O3Si/c8-4(9,10)1(17)20-7(23,21-2(18)5(11,12)13)22-3(19)6(14,15)16;1-11(5-2-8,6-3-9)7-4-10/h23H3;1H3. The van der Waals surface area contributed by atoms with Crippen LogP contribution in [-0.2, 0) is 43.0 Å². The number of ether oxygens (including phenoxy) is 3. The molecule has 0 aromatic heterocycles. The number of carbonyl (C=O) groups excluding carboxylic acids is 6. The Kier molecular flexibility index (Phi) is 11.5. The Bertz CT molecular complexity index is 816. The van der Waals surface area contributed by atoms with Gasteiger partial charge in [0.15, 0.2) is 10.2 Å². The Hall–Kier alpha value is -3.65. The number of hydrogen-bond acceptors (Lipinski definition) is 12. The lowest BCUT2D eigenvalue weighted by Gasteiger charge is -2.29. The summed E-state index contributed by atoms with van der Waals surface area (Å²) in [6.45, 7) is 1.30. The van der Waals surface area contributed by atoms with Crippen molar-refractivity contribution < 1.29 is 82.5 Å². The van der Waals surface area contributed by atoms with Crippen LogP contribution in [-0.4, -0.2) is 79.1 Å². The van der Waals surface area contributed by atoms with Gasteiger partial charge >= 0.3 is 50.6 Å². The smallest absolute Gasteiger partial charge is 0.387 e. The predicted octanol–water partition coefficient (Wildman–Crippen LogP) is -0.158. The third-order valence-corrected chi connectivity index (χ3v) is 4.46. The van der Waals surface area contributed by atoms with Crippen LogP contribution in [0.1, 0.15) is 0 Å². The molecule has 0 saturated carbocycles. The molecule has 0 saturated heterocycles. The Morgan fingerprint density at radius 1 is 0.647 bits per heavy atom. The van der Waals surface area contributed by atoms with Crippen molar-refractivity contribution in [1.82, 2.24) is 0 Å². The highest BCUT2D eigenvalue weighted by atomic mass is 28.4. The first kappa shape index (κ1) is 32.5. The zero-order chi connectivity index (χ0) is 27.6. The molecular weight excluding hydrogens is 545 g/mol. The number of halogens is 9. The second kappa shape index (κ2) is 12.0. The molecule has 0 heterocycles. The Labute approximate surface area is 183 Å². The molecule has 12 nitrogen and oxygen atoms in total. The first-order valence-electron chi connectivity index (χ1n) is 7.24. The monoisotopic (exact) mass is 551 g/mol. The molecule has 0 N–H and O–H groups in total. The lowest BCUT2D eigenvalue weighted by Crippen LogP contribution is -2.51. The van der Waals surface area contributed by atoms with Crippen molar-refractivity contribution in [1.29, 1.82) is 0 Å². The van der Waals surface area contributed by atoms with Gasteiger partial charge in [-0.3, -0.25) is 0 Å². The van der Waals surface area contributed by atoms with Crippen LogP contribution in [0.3, 0.4) is 0 Å². The number of nitrogens with zero attached hydrogens (tertiary/aromatic N) is 3. The average molecular weight is 551 g/mol. The molecule has 23 heteroatoms. The maximum absolute atomic E-state index is 11.9. The normalized spacial score (nSPS) is 13.2. The summed E-state index contributed by atoms with van der Waals surface area (Å²) in [6.07, 6.45) is -14.1. The van der Waals surface area contributed by atoms with Crippen LogP contribution in [0.2, 0.25) is 6.55 Å². The van der Waals surface area contributed by atoms with Gasteiger partial charge in [0.2, 0.25) is 18.2 Å². The summed E-state index contributed by atoms with van der Waals surface area (Å²) in [4.78, 5) is 60.6. The zero-order valence-electron chi connectivity index (χ0n) is 15.9. The van der Waals surface area contributed by atoms with Gasteiger partial charge < -0.3 is 14.2 Å². The van der Waals surface area contributed by atoms with Gasteiger partial charge in [0.1, 0.15) is 0 Å². The van der Waals surface area contributed by atoms with Crippen LogP contribution in [0.4, 0.5) is 39.5 Å². The van der Waals surface area contributed by atoms with Gasteiger partial charge in [-0.1, -0.05) is 0 Å². The molecule has 0 spiro atoms. The molecule has 0 atom stereocenters. The minimum Gasteiger partial charge on any atom is -0.387 e. The first-order chi connectivity index (χ1) is 15.1. The summed E-state index contributed by atoms with van der Waals surface area (Å²) in [5.74, 6) is -10.0. The Morgan fingerprint density at radius 2 is 0.853 bits per heavy atom. The van der Waals surface area contributed by atoms with Gasteiger partial charge in [-0.05, 0) is 6.55 Å². The third-order valence-electron chi connectivity index (χ3n) is 2.30. The predicted molar refractivity (Wildman–Crippen MR) is 85.1 cm³/mol. The van der Waals surface area contributed by atoms with Gasteiger partial charge in [-0.15, -0.1) is 0 Å². The topological polar surface area (TPSA) is 167 Å². The summed E-state index contributed by atoms with van der Waals surface area (Å²) in [5.41, 5.74) is -4.13. The van der Waals surface area contributed by atoms with E-state index in [1.54, 1.807) is 0 Å². The quantitative estimate of drug-likeness (QED) is 0.109. The van der Waals surface area contributed by atoms with Crippen molar-refractivity contribution in [2.75, 3.05) is 0 Å². The van der Waals surface area contributed by atoms with Gasteiger partial charge in [-0.2, -0.15) is 53.5 Å². The second-order valence-corrected chi connectivity index (χ2v) is 8.94. The van der Waals surface area contributed by atoms with Gasteiger partial charge in [0.25, 0.3) is 0 Å². The molecule has 0 aliphatic carbocycles. The maximum atomic E-state index is 11.9. The fraction of sp³-hybridized carbons (Fsp3) is 0.455. The molecule has 0 aliphatic heterocycles. The fourth-order valence-electron chi connectivity index (χ4n) is 1.08. The minimum atomic E-state index is -5.88. The number of esters is 3. The van der Waals surface area contributed by atoms with Crippen LogP contribution in [0.25, 0.3) is 0 Å². The highest BCUT2D eigenvalue weighted by Gasteiger charge is 2.54. The number of carbonyl (C=O) groups is 3. The van der Waals surface area contributed by atoms with E-state index in [1.807, 2.05) is 0 Å². The van der Waals surface area contributed by atoms with Crippen molar-refractivity contribution in [3.63, 3.8) is 0 Å². The van der Waals surface area contributed by atoms with Gasteiger partial charge in [-0.25, -0.2) is 28.8 Å². The lowest BCUT2D eigenvalue weighted by molar-refractivity contribution is -0.320. The van der Waals surface area contributed by atoms with Crippen LogP contribution in [0.15, 0.2) is 14.0 Å². The van der Waals surface area contributed by atoms with Crippen LogP contribution in [0, 0.1) is 0 Å². The van der Waals surface area contributed by atoms with E-state index in [1.165, 1.54) is 24.8 Å². The molecule has 190 valence electrons. The van der Waals surface area contributed by atoms with Gasteiger partial charge in [0, 0.05) is 0 Å². The van der Waals surface area contributed by atoms with Crippen molar-refractivity contribution >= 4 is 54.9 Å². The highest BCUT2D eigenvalue weighted by Crippen LogP contribution is 2.28. The van der Waals surface area contributed by atoms with E-state index in [0.717, 1.165) is 0 Å². The zero-order valence-corrected chi connectivity index (χ0v) is 18.9. The summed E-state index contributed by atoms with van der Waals surface area (Å²) < 4.78 is 126. The number of rotatable bonds is 6. The summed E-state index contributed by atoms with van der Waals surface area (Å²) >= 11 is 0. The number of isocyanates is 3. The van der Waals surface area contributed by atoms with E-state index < -0.39 is 60.8 Å². The van der Waals surface area contributed by atoms with E-state index in [4.69, 9.17) is 0 Å². The molecule has 0 fully saturated rings. The molecule has 0 aliphatic rings. The van der Waals surface area contributed by atoms with Crippen molar-refractivity contribution in [3.8, 4) is 0 Å². The van der Waals surface area contributed by atoms with E-state index in [0.29, 0.717) is 0 Å². The molecule has 0 bridgehead atoms. The third kappa shape index (κ3) is 12.4. The van der Waals surface area contributed by atoms with Crippen LogP contribution in [0.5, 0.6) is 0 Å². The molecule has 0 aromatic rings. The van der Waals surface area contributed by atoms with Crippen molar-refractivity contribution in [3.05, 3.63) is 0 Å². The molecule has 34 heavy (non-hydrogen) atoms. The fourth-order valence-corrected chi connectivity index (χ4v) is 2.30. The highest BCUT2D eigenvalue weighted by molar-refractivity contribution is 6.75. The van der Waals surface area contributed by atoms with Crippen LogP contribution >= 0.6 is 0 Å². The molecule has 0 rings (SSSR count). The van der Waals surface area contributed by atoms with E-state index in [-0.39, 0.29) is 0 Å². The molecule has 0 radical (unpaired) electrons. The Morgan fingerprint density at radius 3 is 1.00 bits per heavy atom. The van der Waals surface area contributed by atoms with Crippen molar-refractivity contribution in [2.45, 2.75) is 30.7 Å². The van der Waals surface area contributed by atoms with E-state index in [2.05, 4.69) is 28.2 Å². The summed E-state index contributed by atoms with van der Waals surface area (Å²) in [6, 6.07) is 0. The van der Waals surface area contributed by atoms with Gasteiger partial charge in [0.05, 0.1) is 0 Å². The van der Waals surface area contributed by atoms with E-state index in [9.17, 15) is 68.3 Å². The average Bonchev–Trinajstić information content (AvgIpc) is 2.59. The number of hydrogen-bond donors (Lipinski definition) is 0. The minimum absolute atomic E-state index is 1.17. The second-order valence-electron chi connectivity index (χ2n) is 5.10. The lowest BCUT2D eigenvalue weighted by atomic mass is 10.6. The summed E-state index contributed by atoms with van der Waals surface area (Å²) in [7, 11) is -4.66. The molecule has 0 amide bonds. The number of alkyl halides is 9. The maximum Gasteiger partial charge on any atom is 0.491 e. The first-order valence-corrected chi connectivity index (χ1v) is 10.6. The van der Waals surface area contributed by atoms with Crippen LogP contribution < -0.4 is 0 Å².